The van der Waals surface area contributed by atoms with Gasteiger partial charge in [-0.2, -0.15) is 5.10 Å². The van der Waals surface area contributed by atoms with Crippen molar-refractivity contribution in [3.05, 3.63) is 47.8 Å². The van der Waals surface area contributed by atoms with Gasteiger partial charge in [0.2, 0.25) is 5.91 Å². The van der Waals surface area contributed by atoms with E-state index < -0.39 is 0 Å². The summed E-state index contributed by atoms with van der Waals surface area (Å²) in [6, 6.07) is 7.15. The Labute approximate surface area is 164 Å². The summed E-state index contributed by atoms with van der Waals surface area (Å²) < 4.78 is 10.9. The lowest BCUT2D eigenvalue weighted by Gasteiger charge is -2.32. The number of aromatic nitrogens is 2. The van der Waals surface area contributed by atoms with Crippen LogP contribution in [0, 0.1) is 0 Å². The zero-order chi connectivity index (χ0) is 19.8. The van der Waals surface area contributed by atoms with Crippen LogP contribution in [0.25, 0.3) is 0 Å². The van der Waals surface area contributed by atoms with Crippen LogP contribution in [-0.2, 0) is 16.0 Å². The number of likely N-dealkylation sites (tertiary alicyclic amines) is 1. The molecule has 1 aliphatic rings. The molecular weight excluding hydrogens is 360 g/mol. The van der Waals surface area contributed by atoms with Gasteiger partial charge < -0.3 is 19.7 Å². The van der Waals surface area contributed by atoms with Crippen molar-refractivity contribution in [2.24, 2.45) is 0 Å². The average Bonchev–Trinajstić information content (AvgIpc) is 3.23. The molecule has 1 aromatic carbocycles. The van der Waals surface area contributed by atoms with E-state index in [1.54, 1.807) is 23.2 Å². The van der Waals surface area contributed by atoms with E-state index in [1.807, 2.05) is 18.3 Å². The number of amides is 2. The number of benzene rings is 1. The third kappa shape index (κ3) is 5.56. The molecule has 1 aromatic heterocycles. The molecule has 0 atom stereocenters. The molecule has 150 valence electrons. The third-order valence-electron chi connectivity index (χ3n) is 4.74. The molecule has 0 unspecified atom stereocenters. The molecule has 1 aliphatic heterocycles. The molecule has 0 radical (unpaired) electrons. The topological polar surface area (TPSA) is 96.5 Å². The highest BCUT2D eigenvalue weighted by Gasteiger charge is 2.23. The van der Waals surface area contributed by atoms with Gasteiger partial charge in [0.25, 0.3) is 5.91 Å². The van der Waals surface area contributed by atoms with Gasteiger partial charge in [0.15, 0.2) is 0 Å². The monoisotopic (exact) mass is 386 g/mol. The minimum Gasteiger partial charge on any atom is -0.490 e. The lowest BCUT2D eigenvalue weighted by atomic mass is 10.1. The second-order valence-electron chi connectivity index (χ2n) is 6.77. The van der Waals surface area contributed by atoms with Crippen molar-refractivity contribution in [1.29, 1.82) is 0 Å². The van der Waals surface area contributed by atoms with Crippen molar-refractivity contribution in [2.75, 3.05) is 33.4 Å². The van der Waals surface area contributed by atoms with E-state index in [4.69, 9.17) is 9.47 Å². The first-order valence-corrected chi connectivity index (χ1v) is 9.45. The molecule has 1 fully saturated rings. The Kier molecular flexibility index (Phi) is 7.02. The number of piperidine rings is 1. The predicted molar refractivity (Wildman–Crippen MR) is 103 cm³/mol. The molecule has 2 amide bonds. The van der Waals surface area contributed by atoms with Crippen LogP contribution in [-0.4, -0.2) is 66.4 Å². The molecule has 0 saturated carbocycles. The SMILES string of the molecule is COCC(=O)N1CCC(Oc2ccc(C(=O)NCCc3cn[nH]c3)cc2)CC1. The van der Waals surface area contributed by atoms with Gasteiger partial charge in [-0.05, 0) is 36.2 Å². The first-order valence-electron chi connectivity index (χ1n) is 9.45. The number of hydrogen-bond donors (Lipinski definition) is 2. The molecule has 28 heavy (non-hydrogen) atoms. The highest BCUT2D eigenvalue weighted by Crippen LogP contribution is 2.20. The van der Waals surface area contributed by atoms with Crippen molar-refractivity contribution in [2.45, 2.75) is 25.4 Å². The Balaban J connectivity index is 1.42. The second-order valence-corrected chi connectivity index (χ2v) is 6.77. The Morgan fingerprint density at radius 3 is 2.64 bits per heavy atom. The molecule has 2 N–H and O–H groups in total. The Hall–Kier alpha value is -2.87. The minimum atomic E-state index is -0.111. The Bertz CT molecular complexity index is 753. The molecule has 8 heteroatoms. The zero-order valence-corrected chi connectivity index (χ0v) is 16.0. The minimum absolute atomic E-state index is 0.0177. The number of aromatic amines is 1. The summed E-state index contributed by atoms with van der Waals surface area (Å²) in [6.45, 7) is 2.02. The fourth-order valence-electron chi connectivity index (χ4n) is 3.15. The summed E-state index contributed by atoms with van der Waals surface area (Å²) >= 11 is 0. The first kappa shape index (κ1) is 19.9. The predicted octanol–water partition coefficient (Wildman–Crippen LogP) is 1.40. The Morgan fingerprint density at radius 1 is 1.25 bits per heavy atom. The normalized spacial score (nSPS) is 14.7. The smallest absolute Gasteiger partial charge is 0.251 e. The number of carbonyl (C=O) groups excluding carboxylic acids is 2. The van der Waals surface area contributed by atoms with E-state index >= 15 is 0 Å². The van der Waals surface area contributed by atoms with Crippen LogP contribution in [0.3, 0.4) is 0 Å². The van der Waals surface area contributed by atoms with Crippen molar-refractivity contribution in [3.63, 3.8) is 0 Å². The van der Waals surface area contributed by atoms with Crippen molar-refractivity contribution < 1.29 is 19.1 Å². The summed E-state index contributed by atoms with van der Waals surface area (Å²) in [5.74, 6) is 0.640. The van der Waals surface area contributed by atoms with E-state index in [2.05, 4.69) is 15.5 Å². The van der Waals surface area contributed by atoms with Crippen LogP contribution in [0.4, 0.5) is 0 Å². The van der Waals surface area contributed by atoms with Gasteiger partial charge in [0.1, 0.15) is 18.5 Å². The lowest BCUT2D eigenvalue weighted by molar-refractivity contribution is -0.136. The molecule has 2 heterocycles. The van der Waals surface area contributed by atoms with E-state index in [0.717, 1.165) is 30.6 Å². The van der Waals surface area contributed by atoms with Gasteiger partial charge in [0.05, 0.1) is 6.20 Å². The molecule has 0 spiro atoms. The molecule has 0 bridgehead atoms. The lowest BCUT2D eigenvalue weighted by Crippen LogP contribution is -2.43. The summed E-state index contributed by atoms with van der Waals surface area (Å²) in [4.78, 5) is 25.8. The number of carbonyl (C=O) groups is 2. The molecule has 0 aliphatic carbocycles. The van der Waals surface area contributed by atoms with Gasteiger partial charge in [-0.1, -0.05) is 0 Å². The first-order chi connectivity index (χ1) is 13.7. The van der Waals surface area contributed by atoms with E-state index in [-0.39, 0.29) is 24.5 Å². The van der Waals surface area contributed by atoms with Crippen LogP contribution in [0.5, 0.6) is 5.75 Å². The van der Waals surface area contributed by atoms with Crippen molar-refractivity contribution in [3.8, 4) is 5.75 Å². The molecule has 1 saturated heterocycles. The molecular formula is C20H26N4O4. The maximum Gasteiger partial charge on any atom is 0.251 e. The summed E-state index contributed by atoms with van der Waals surface area (Å²) in [5, 5.41) is 9.53. The van der Waals surface area contributed by atoms with Crippen LogP contribution in [0.1, 0.15) is 28.8 Å². The maximum atomic E-state index is 12.2. The van der Waals surface area contributed by atoms with Crippen LogP contribution >= 0.6 is 0 Å². The fourth-order valence-corrected chi connectivity index (χ4v) is 3.15. The number of nitrogens with one attached hydrogen (secondary N) is 2. The number of hydrogen-bond acceptors (Lipinski definition) is 5. The largest absolute Gasteiger partial charge is 0.490 e. The Morgan fingerprint density at radius 2 is 2.00 bits per heavy atom. The molecule has 3 rings (SSSR count). The summed E-state index contributed by atoms with van der Waals surface area (Å²) in [6.07, 6.45) is 5.93. The zero-order valence-electron chi connectivity index (χ0n) is 16.0. The highest BCUT2D eigenvalue weighted by atomic mass is 16.5. The second kappa shape index (κ2) is 9.89. The maximum absolute atomic E-state index is 12.2. The van der Waals surface area contributed by atoms with Gasteiger partial charge in [-0.3, -0.25) is 14.7 Å². The van der Waals surface area contributed by atoms with Gasteiger partial charge in [0, 0.05) is 51.3 Å². The average molecular weight is 386 g/mol. The molecule has 8 nitrogen and oxygen atoms in total. The van der Waals surface area contributed by atoms with Gasteiger partial charge in [-0.25, -0.2) is 0 Å². The van der Waals surface area contributed by atoms with Gasteiger partial charge in [-0.15, -0.1) is 0 Å². The number of H-pyrrole nitrogens is 1. The number of methoxy groups -OCH3 is 1. The van der Waals surface area contributed by atoms with Crippen LogP contribution in [0.15, 0.2) is 36.7 Å². The third-order valence-corrected chi connectivity index (χ3v) is 4.74. The molecule has 2 aromatic rings. The fraction of sp³-hybridized carbons (Fsp3) is 0.450. The van der Waals surface area contributed by atoms with E-state index in [1.165, 1.54) is 7.11 Å². The van der Waals surface area contributed by atoms with Crippen molar-refractivity contribution >= 4 is 11.8 Å². The number of ether oxygens (including phenoxy) is 2. The van der Waals surface area contributed by atoms with Crippen LogP contribution in [0.2, 0.25) is 0 Å². The van der Waals surface area contributed by atoms with E-state index in [0.29, 0.717) is 25.2 Å². The van der Waals surface area contributed by atoms with Crippen molar-refractivity contribution in [1.82, 2.24) is 20.4 Å². The van der Waals surface area contributed by atoms with E-state index in [9.17, 15) is 9.59 Å². The van der Waals surface area contributed by atoms with Gasteiger partial charge >= 0.3 is 0 Å². The standard InChI is InChI=1S/C20H26N4O4/c1-27-14-19(25)24-10-7-18(8-11-24)28-17-4-2-16(3-5-17)20(26)21-9-6-15-12-22-23-13-15/h2-5,12-13,18H,6-11,14H2,1H3,(H,21,26)(H,22,23). The summed E-state index contributed by atoms with van der Waals surface area (Å²) in [7, 11) is 1.52. The highest BCUT2D eigenvalue weighted by molar-refractivity contribution is 5.94. The summed E-state index contributed by atoms with van der Waals surface area (Å²) in [5.41, 5.74) is 1.65. The number of nitrogens with zero attached hydrogens (tertiary/aromatic N) is 2. The number of rotatable bonds is 8. The van der Waals surface area contributed by atoms with Crippen LogP contribution < -0.4 is 10.1 Å². The quantitative estimate of drug-likeness (QED) is 0.715.